The normalized spacial score (nSPS) is 18.5. The number of benzene rings is 2. The average Bonchev–Trinajstić information content (AvgIpc) is 3.41. The quantitative estimate of drug-likeness (QED) is 0.531. The second-order valence-corrected chi connectivity index (χ2v) is 8.98. The Morgan fingerprint density at radius 2 is 1.88 bits per heavy atom. The Morgan fingerprint density at radius 3 is 2.53 bits per heavy atom. The van der Waals surface area contributed by atoms with E-state index in [1.165, 1.54) is 11.1 Å². The fourth-order valence-electron chi connectivity index (χ4n) is 4.88. The number of aromatic nitrogens is 4. The van der Waals surface area contributed by atoms with Gasteiger partial charge < -0.3 is 5.11 Å². The lowest BCUT2D eigenvalue weighted by molar-refractivity contribution is 0.134. The summed E-state index contributed by atoms with van der Waals surface area (Å²) in [5.41, 5.74) is 7.46. The SMILES string of the molecule is Cc1c(Cc2ccc(-c3cnn(C)c3)cc2)cc2c(=O)n(C3CCCC3O)cnc2c1C. The lowest BCUT2D eigenvalue weighted by atomic mass is 9.94. The molecular weight excluding hydrogens is 400 g/mol. The molecule has 2 atom stereocenters. The van der Waals surface area contributed by atoms with Gasteiger partial charge in [0.05, 0.1) is 35.6 Å². The van der Waals surface area contributed by atoms with Gasteiger partial charge in [-0.2, -0.15) is 5.10 Å². The molecule has 1 saturated carbocycles. The van der Waals surface area contributed by atoms with Crippen molar-refractivity contribution in [1.82, 2.24) is 19.3 Å². The number of aryl methyl sites for hydroxylation is 2. The number of hydrogen-bond donors (Lipinski definition) is 1. The summed E-state index contributed by atoms with van der Waals surface area (Å²) >= 11 is 0. The van der Waals surface area contributed by atoms with E-state index in [0.29, 0.717) is 5.39 Å². The van der Waals surface area contributed by atoms with Gasteiger partial charge in [-0.1, -0.05) is 24.3 Å². The van der Waals surface area contributed by atoms with E-state index >= 15 is 0 Å². The standard InChI is InChI=1S/C26H28N4O2/c1-16-17(2)25-22(26(32)30(15-27-25)23-5-4-6-24(23)31)12-20(16)11-18-7-9-19(10-8-18)21-13-28-29(3)14-21/h7-10,12-15,23-24,31H,4-6,11H2,1-3H3. The molecule has 1 N–H and O–H groups in total. The summed E-state index contributed by atoms with van der Waals surface area (Å²) in [5, 5.41) is 15.2. The van der Waals surface area contributed by atoms with Crippen molar-refractivity contribution in [2.45, 2.75) is 51.7 Å². The van der Waals surface area contributed by atoms with Gasteiger partial charge in [-0.25, -0.2) is 4.98 Å². The summed E-state index contributed by atoms with van der Waals surface area (Å²) < 4.78 is 3.44. The highest BCUT2D eigenvalue weighted by molar-refractivity contribution is 5.83. The smallest absolute Gasteiger partial charge is 0.261 e. The van der Waals surface area contributed by atoms with Crippen molar-refractivity contribution in [2.24, 2.45) is 7.05 Å². The summed E-state index contributed by atoms with van der Waals surface area (Å²) in [7, 11) is 1.92. The van der Waals surface area contributed by atoms with Gasteiger partial charge in [-0.05, 0) is 73.4 Å². The van der Waals surface area contributed by atoms with Crippen LogP contribution >= 0.6 is 0 Å². The maximum absolute atomic E-state index is 13.3. The first kappa shape index (κ1) is 20.6. The highest BCUT2D eigenvalue weighted by atomic mass is 16.3. The Hall–Kier alpha value is -3.25. The fourth-order valence-corrected chi connectivity index (χ4v) is 4.88. The maximum atomic E-state index is 13.3. The highest BCUT2D eigenvalue weighted by Crippen LogP contribution is 2.30. The van der Waals surface area contributed by atoms with Gasteiger partial charge in [0.2, 0.25) is 0 Å². The second kappa shape index (κ2) is 8.02. The van der Waals surface area contributed by atoms with Gasteiger partial charge >= 0.3 is 0 Å². The monoisotopic (exact) mass is 428 g/mol. The molecule has 4 aromatic rings. The number of aliphatic hydroxyl groups excluding tert-OH is 1. The summed E-state index contributed by atoms with van der Waals surface area (Å²) in [6.07, 6.45) is 8.25. The van der Waals surface area contributed by atoms with Crippen molar-refractivity contribution in [1.29, 1.82) is 0 Å². The minimum atomic E-state index is -0.476. The van der Waals surface area contributed by atoms with Crippen LogP contribution in [0.15, 0.2) is 53.8 Å². The van der Waals surface area contributed by atoms with E-state index in [9.17, 15) is 9.90 Å². The molecule has 164 valence electrons. The van der Waals surface area contributed by atoms with Gasteiger partial charge in [0.1, 0.15) is 0 Å². The molecular formula is C26H28N4O2. The molecule has 2 aromatic heterocycles. The molecule has 1 fully saturated rings. The van der Waals surface area contributed by atoms with Crippen molar-refractivity contribution in [3.8, 4) is 11.1 Å². The van der Waals surface area contributed by atoms with E-state index in [1.54, 1.807) is 15.6 Å². The maximum Gasteiger partial charge on any atom is 0.261 e. The predicted octanol–water partition coefficient (Wildman–Crippen LogP) is 4.09. The Balaban J connectivity index is 1.51. The molecule has 0 aliphatic heterocycles. The average molecular weight is 429 g/mol. The van der Waals surface area contributed by atoms with Crippen LogP contribution in [0.5, 0.6) is 0 Å². The number of hydrogen-bond acceptors (Lipinski definition) is 4. The molecule has 0 saturated heterocycles. The third kappa shape index (κ3) is 3.54. The minimum absolute atomic E-state index is 0.0581. The lowest BCUT2D eigenvalue weighted by Gasteiger charge is -2.19. The van der Waals surface area contributed by atoms with E-state index in [1.807, 2.05) is 32.4 Å². The third-order valence-corrected chi connectivity index (χ3v) is 6.94. The van der Waals surface area contributed by atoms with Crippen LogP contribution in [0.3, 0.4) is 0 Å². The highest BCUT2D eigenvalue weighted by Gasteiger charge is 2.28. The zero-order valence-electron chi connectivity index (χ0n) is 18.7. The van der Waals surface area contributed by atoms with Gasteiger partial charge in [0.15, 0.2) is 0 Å². The number of rotatable bonds is 4. The first-order valence-electron chi connectivity index (χ1n) is 11.2. The van der Waals surface area contributed by atoms with E-state index in [0.717, 1.165) is 53.5 Å². The Kier molecular flexibility index (Phi) is 5.18. The second-order valence-electron chi connectivity index (χ2n) is 8.98. The van der Waals surface area contributed by atoms with Crippen molar-refractivity contribution in [3.63, 3.8) is 0 Å². The molecule has 2 heterocycles. The van der Waals surface area contributed by atoms with Crippen LogP contribution in [0.25, 0.3) is 22.0 Å². The molecule has 32 heavy (non-hydrogen) atoms. The number of fused-ring (bicyclic) bond motifs is 1. The van der Waals surface area contributed by atoms with Crippen molar-refractivity contribution in [3.05, 3.63) is 81.7 Å². The van der Waals surface area contributed by atoms with Gasteiger partial charge in [-0.15, -0.1) is 0 Å². The van der Waals surface area contributed by atoms with E-state index in [-0.39, 0.29) is 11.6 Å². The van der Waals surface area contributed by atoms with Crippen LogP contribution < -0.4 is 5.56 Å². The largest absolute Gasteiger partial charge is 0.391 e. The molecule has 5 rings (SSSR count). The summed E-state index contributed by atoms with van der Waals surface area (Å²) in [4.78, 5) is 18.0. The van der Waals surface area contributed by atoms with E-state index < -0.39 is 6.10 Å². The van der Waals surface area contributed by atoms with E-state index in [2.05, 4.69) is 41.3 Å². The molecule has 1 aliphatic carbocycles. The Bertz CT molecular complexity index is 1350. The summed E-state index contributed by atoms with van der Waals surface area (Å²) in [6.45, 7) is 4.13. The van der Waals surface area contributed by atoms with Gasteiger partial charge in [0.25, 0.3) is 5.56 Å². The van der Waals surface area contributed by atoms with Crippen molar-refractivity contribution < 1.29 is 5.11 Å². The fraction of sp³-hybridized carbons (Fsp3) is 0.346. The summed E-state index contributed by atoms with van der Waals surface area (Å²) in [6, 6.07) is 10.3. The van der Waals surface area contributed by atoms with Crippen molar-refractivity contribution >= 4 is 10.9 Å². The lowest BCUT2D eigenvalue weighted by Crippen LogP contribution is -2.29. The zero-order chi connectivity index (χ0) is 22.4. The zero-order valence-corrected chi connectivity index (χ0v) is 18.7. The van der Waals surface area contributed by atoms with Gasteiger partial charge in [-0.3, -0.25) is 14.0 Å². The third-order valence-electron chi connectivity index (χ3n) is 6.94. The van der Waals surface area contributed by atoms with Crippen LogP contribution in [0, 0.1) is 13.8 Å². The molecule has 1 aliphatic rings. The topological polar surface area (TPSA) is 72.9 Å². The first-order valence-corrected chi connectivity index (χ1v) is 11.2. The molecule has 6 nitrogen and oxygen atoms in total. The minimum Gasteiger partial charge on any atom is -0.391 e. The van der Waals surface area contributed by atoms with Crippen LogP contribution in [-0.2, 0) is 13.5 Å². The van der Waals surface area contributed by atoms with Crippen LogP contribution in [0.4, 0.5) is 0 Å². The summed E-state index contributed by atoms with van der Waals surface area (Å²) in [5.74, 6) is 0. The Labute approximate surface area is 187 Å². The molecule has 2 unspecified atom stereocenters. The number of aliphatic hydroxyl groups is 1. The molecule has 0 bridgehead atoms. The van der Waals surface area contributed by atoms with Crippen LogP contribution in [-0.4, -0.2) is 30.5 Å². The van der Waals surface area contributed by atoms with Crippen molar-refractivity contribution in [2.75, 3.05) is 0 Å². The van der Waals surface area contributed by atoms with E-state index in [4.69, 9.17) is 0 Å². The molecule has 0 radical (unpaired) electrons. The van der Waals surface area contributed by atoms with Crippen LogP contribution in [0.2, 0.25) is 0 Å². The molecule has 0 amide bonds. The molecule has 2 aromatic carbocycles. The van der Waals surface area contributed by atoms with Gasteiger partial charge in [0, 0.05) is 18.8 Å². The molecule has 0 spiro atoms. The Morgan fingerprint density at radius 1 is 1.09 bits per heavy atom. The molecule has 6 heteroatoms. The predicted molar refractivity (Wildman–Crippen MR) is 126 cm³/mol. The van der Waals surface area contributed by atoms with Crippen LogP contribution in [0.1, 0.15) is 47.6 Å². The first-order chi connectivity index (χ1) is 15.4. The number of nitrogens with zero attached hydrogens (tertiary/aromatic N) is 4.